The zero-order chi connectivity index (χ0) is 12.5. The first-order chi connectivity index (χ1) is 7.21. The van der Waals surface area contributed by atoms with Crippen LogP contribution in [0, 0.1) is 11.6 Å². The van der Waals surface area contributed by atoms with Gasteiger partial charge in [0, 0.05) is 22.8 Å². The minimum absolute atomic E-state index is 0.302. The summed E-state index contributed by atoms with van der Waals surface area (Å²) in [7, 11) is 0.897. The molecule has 0 radical (unpaired) electrons. The van der Waals surface area contributed by atoms with Crippen LogP contribution in [0.3, 0.4) is 0 Å². The van der Waals surface area contributed by atoms with Crippen LogP contribution in [0.2, 0.25) is 0 Å². The third-order valence-electron chi connectivity index (χ3n) is 1.61. The molecule has 0 spiro atoms. The summed E-state index contributed by atoms with van der Waals surface area (Å²) in [6.07, 6.45) is -0.387. The summed E-state index contributed by atoms with van der Waals surface area (Å²) >= 11 is 0. The van der Waals surface area contributed by atoms with Crippen molar-refractivity contribution < 1.29 is 21.9 Å². The SMILES string of the molecule is CC(C)Oc1cc(F)c(F)cc1S(=O)(=O)Cl. The number of halogens is 3. The molecule has 0 unspecified atom stereocenters. The molecule has 0 aliphatic carbocycles. The third-order valence-corrected chi connectivity index (χ3v) is 2.96. The molecule has 0 bridgehead atoms. The number of hydrogen-bond acceptors (Lipinski definition) is 3. The van der Waals surface area contributed by atoms with Gasteiger partial charge in [0.1, 0.15) is 10.6 Å². The molecule has 7 heteroatoms. The van der Waals surface area contributed by atoms with E-state index in [0.717, 1.165) is 0 Å². The first kappa shape index (κ1) is 13.2. The molecular weight excluding hydrogens is 262 g/mol. The highest BCUT2D eigenvalue weighted by atomic mass is 35.7. The minimum Gasteiger partial charge on any atom is -0.489 e. The molecule has 90 valence electrons. The molecule has 0 atom stereocenters. The van der Waals surface area contributed by atoms with Gasteiger partial charge in [-0.15, -0.1) is 0 Å². The number of ether oxygens (including phenoxy) is 1. The van der Waals surface area contributed by atoms with E-state index in [1.54, 1.807) is 13.8 Å². The Morgan fingerprint density at radius 1 is 1.25 bits per heavy atom. The van der Waals surface area contributed by atoms with E-state index in [4.69, 9.17) is 15.4 Å². The Hall–Kier alpha value is -0.880. The predicted molar refractivity (Wildman–Crippen MR) is 55.2 cm³/mol. The number of hydrogen-bond donors (Lipinski definition) is 0. The molecule has 0 aliphatic heterocycles. The second kappa shape index (κ2) is 4.55. The topological polar surface area (TPSA) is 43.4 Å². The lowest BCUT2D eigenvalue weighted by molar-refractivity contribution is 0.234. The van der Waals surface area contributed by atoms with Gasteiger partial charge in [-0.05, 0) is 13.8 Å². The maximum atomic E-state index is 12.9. The normalized spacial score (nSPS) is 11.9. The fraction of sp³-hybridized carbons (Fsp3) is 0.333. The first-order valence-electron chi connectivity index (χ1n) is 4.32. The average Bonchev–Trinajstić information content (AvgIpc) is 2.08. The molecule has 16 heavy (non-hydrogen) atoms. The molecule has 0 saturated carbocycles. The summed E-state index contributed by atoms with van der Waals surface area (Å²) < 4.78 is 53.0. The Balaban J connectivity index is 3.40. The van der Waals surface area contributed by atoms with Crippen LogP contribution in [0.25, 0.3) is 0 Å². The molecule has 0 amide bonds. The Morgan fingerprint density at radius 2 is 1.75 bits per heavy atom. The highest BCUT2D eigenvalue weighted by molar-refractivity contribution is 8.13. The van der Waals surface area contributed by atoms with Gasteiger partial charge in [-0.25, -0.2) is 17.2 Å². The summed E-state index contributed by atoms with van der Waals surface area (Å²) in [6.45, 7) is 3.23. The predicted octanol–water partition coefficient (Wildman–Crippen LogP) is 2.68. The average molecular weight is 271 g/mol. The molecule has 0 fully saturated rings. The minimum atomic E-state index is -4.18. The summed E-state index contributed by atoms with van der Waals surface area (Å²) in [4.78, 5) is -0.582. The molecule has 3 nitrogen and oxygen atoms in total. The Kier molecular flexibility index (Phi) is 3.75. The van der Waals surface area contributed by atoms with Gasteiger partial charge >= 0.3 is 0 Å². The lowest BCUT2D eigenvalue weighted by Crippen LogP contribution is -2.09. The Morgan fingerprint density at radius 3 is 2.19 bits per heavy atom. The quantitative estimate of drug-likeness (QED) is 0.793. The van der Waals surface area contributed by atoms with Crippen LogP contribution in [0.15, 0.2) is 17.0 Å². The van der Waals surface area contributed by atoms with Crippen LogP contribution in [-0.2, 0) is 9.05 Å². The van der Waals surface area contributed by atoms with Gasteiger partial charge in [0.25, 0.3) is 9.05 Å². The van der Waals surface area contributed by atoms with E-state index in [1.165, 1.54) is 0 Å². The highest BCUT2D eigenvalue weighted by Gasteiger charge is 2.21. The smallest absolute Gasteiger partial charge is 0.265 e. The molecule has 0 heterocycles. The van der Waals surface area contributed by atoms with E-state index < -0.39 is 25.6 Å². The molecule has 0 aromatic heterocycles. The number of rotatable bonds is 3. The molecule has 1 rings (SSSR count). The largest absolute Gasteiger partial charge is 0.489 e. The van der Waals surface area contributed by atoms with E-state index in [1.807, 2.05) is 0 Å². The van der Waals surface area contributed by atoms with E-state index >= 15 is 0 Å². The van der Waals surface area contributed by atoms with Crippen molar-refractivity contribution in [3.63, 3.8) is 0 Å². The summed E-state index contributed by atoms with van der Waals surface area (Å²) in [5.41, 5.74) is 0. The van der Waals surface area contributed by atoms with Crippen molar-refractivity contribution in [3.05, 3.63) is 23.8 Å². The fourth-order valence-corrected chi connectivity index (χ4v) is 2.00. The van der Waals surface area contributed by atoms with Gasteiger partial charge < -0.3 is 4.74 Å². The van der Waals surface area contributed by atoms with Crippen molar-refractivity contribution >= 4 is 19.7 Å². The van der Waals surface area contributed by atoms with E-state index in [2.05, 4.69) is 0 Å². The van der Waals surface area contributed by atoms with E-state index in [-0.39, 0.29) is 11.9 Å². The summed E-state index contributed by atoms with van der Waals surface area (Å²) in [5.74, 6) is -2.79. The maximum Gasteiger partial charge on any atom is 0.265 e. The third kappa shape index (κ3) is 3.05. The van der Waals surface area contributed by atoms with Gasteiger partial charge in [0.2, 0.25) is 0 Å². The maximum absolute atomic E-state index is 12.9. The van der Waals surface area contributed by atoms with E-state index in [9.17, 15) is 17.2 Å². The molecule has 1 aromatic carbocycles. The summed E-state index contributed by atoms with van der Waals surface area (Å²) in [5, 5.41) is 0. The van der Waals surface area contributed by atoms with Crippen molar-refractivity contribution in [2.45, 2.75) is 24.8 Å². The van der Waals surface area contributed by atoms with Crippen LogP contribution < -0.4 is 4.74 Å². The molecule has 0 saturated heterocycles. The lowest BCUT2D eigenvalue weighted by atomic mass is 10.3. The Bertz CT molecular complexity index is 500. The molecule has 1 aromatic rings. The fourth-order valence-electron chi connectivity index (χ4n) is 1.05. The van der Waals surface area contributed by atoms with Crippen LogP contribution in [-0.4, -0.2) is 14.5 Å². The van der Waals surface area contributed by atoms with Gasteiger partial charge in [0.15, 0.2) is 11.6 Å². The zero-order valence-electron chi connectivity index (χ0n) is 8.50. The van der Waals surface area contributed by atoms with Gasteiger partial charge in [-0.2, -0.15) is 0 Å². The second-order valence-corrected chi connectivity index (χ2v) is 5.85. The zero-order valence-corrected chi connectivity index (χ0v) is 10.1. The highest BCUT2D eigenvalue weighted by Crippen LogP contribution is 2.30. The van der Waals surface area contributed by atoms with Crippen molar-refractivity contribution in [2.24, 2.45) is 0 Å². The Labute approximate surface area is 96.4 Å². The van der Waals surface area contributed by atoms with Gasteiger partial charge in [-0.1, -0.05) is 0 Å². The van der Waals surface area contributed by atoms with Crippen molar-refractivity contribution in [2.75, 3.05) is 0 Å². The van der Waals surface area contributed by atoms with Gasteiger partial charge in [0.05, 0.1) is 6.10 Å². The van der Waals surface area contributed by atoms with Crippen LogP contribution in [0.4, 0.5) is 8.78 Å². The van der Waals surface area contributed by atoms with Crippen molar-refractivity contribution in [3.8, 4) is 5.75 Å². The monoisotopic (exact) mass is 270 g/mol. The van der Waals surface area contributed by atoms with Crippen LogP contribution in [0.5, 0.6) is 5.75 Å². The molecule has 0 aliphatic rings. The van der Waals surface area contributed by atoms with Crippen LogP contribution >= 0.6 is 10.7 Å². The number of benzene rings is 1. The van der Waals surface area contributed by atoms with Crippen molar-refractivity contribution in [1.29, 1.82) is 0 Å². The summed E-state index contributed by atoms with van der Waals surface area (Å²) in [6, 6.07) is 1.15. The first-order valence-corrected chi connectivity index (χ1v) is 6.63. The van der Waals surface area contributed by atoms with Crippen molar-refractivity contribution in [1.82, 2.24) is 0 Å². The van der Waals surface area contributed by atoms with Crippen LogP contribution in [0.1, 0.15) is 13.8 Å². The molecule has 0 N–H and O–H groups in total. The van der Waals surface area contributed by atoms with E-state index in [0.29, 0.717) is 12.1 Å². The standard InChI is InChI=1S/C9H9ClF2O3S/c1-5(2)15-8-3-6(11)7(12)4-9(8)16(10,13)14/h3-5H,1-2H3. The van der Waals surface area contributed by atoms with Gasteiger partial charge in [-0.3, -0.25) is 0 Å². The second-order valence-electron chi connectivity index (χ2n) is 3.32. The molecular formula is C9H9ClF2O3S. The lowest BCUT2D eigenvalue weighted by Gasteiger charge is -2.12.